The summed E-state index contributed by atoms with van der Waals surface area (Å²) in [6, 6.07) is 2.41. The molecule has 0 atom stereocenters. The number of nitrogens with zero attached hydrogens (tertiary/aromatic N) is 1. The molecule has 0 aliphatic carbocycles. The van der Waals surface area contributed by atoms with E-state index in [-0.39, 0.29) is 5.91 Å². The molecule has 0 fully saturated rings. The quantitative estimate of drug-likeness (QED) is 0.543. The zero-order chi connectivity index (χ0) is 15.1. The van der Waals surface area contributed by atoms with Gasteiger partial charge in [0.1, 0.15) is 0 Å². The largest absolute Gasteiger partial charge is 0.493 e. The number of anilines is 1. The van der Waals surface area contributed by atoms with Crippen molar-refractivity contribution in [2.45, 2.75) is 6.92 Å². The third-order valence-electron chi connectivity index (χ3n) is 2.24. The number of urea groups is 1. The lowest BCUT2D eigenvalue weighted by atomic mass is 10.1. The number of benzene rings is 1. The van der Waals surface area contributed by atoms with E-state index in [4.69, 9.17) is 15.2 Å². The predicted octanol–water partition coefficient (Wildman–Crippen LogP) is 0.664. The van der Waals surface area contributed by atoms with Gasteiger partial charge in [-0.2, -0.15) is 5.10 Å². The van der Waals surface area contributed by atoms with Crippen LogP contribution in [0, 0.1) is 0 Å². The van der Waals surface area contributed by atoms with Gasteiger partial charge < -0.3 is 20.5 Å². The fourth-order valence-corrected chi connectivity index (χ4v) is 1.46. The van der Waals surface area contributed by atoms with E-state index in [1.807, 2.05) is 0 Å². The Morgan fingerprint density at radius 3 is 2.35 bits per heavy atom. The van der Waals surface area contributed by atoms with Crippen LogP contribution in [-0.4, -0.2) is 32.4 Å². The molecule has 0 aromatic heterocycles. The van der Waals surface area contributed by atoms with Gasteiger partial charge in [0.2, 0.25) is 5.91 Å². The Morgan fingerprint density at radius 1 is 1.25 bits per heavy atom. The highest BCUT2D eigenvalue weighted by atomic mass is 16.5. The van der Waals surface area contributed by atoms with Gasteiger partial charge in [-0.1, -0.05) is 0 Å². The minimum atomic E-state index is -0.789. The summed E-state index contributed by atoms with van der Waals surface area (Å²) in [5.74, 6) is 0.660. The number of methoxy groups -OCH3 is 2. The summed E-state index contributed by atoms with van der Waals surface area (Å²) in [7, 11) is 2.97. The van der Waals surface area contributed by atoms with Gasteiger partial charge in [0.05, 0.1) is 26.1 Å². The van der Waals surface area contributed by atoms with Gasteiger partial charge in [-0.25, -0.2) is 10.2 Å². The maximum Gasteiger partial charge on any atom is 0.332 e. The van der Waals surface area contributed by atoms with Crippen LogP contribution in [0.2, 0.25) is 0 Å². The molecule has 8 heteroatoms. The average Bonchev–Trinajstić information content (AvgIpc) is 2.38. The lowest BCUT2D eigenvalue weighted by Crippen LogP contribution is -2.24. The van der Waals surface area contributed by atoms with E-state index in [1.54, 1.807) is 12.1 Å². The van der Waals surface area contributed by atoms with Crippen molar-refractivity contribution in [3.8, 4) is 11.5 Å². The number of carbonyl (C=O) groups is 2. The SMILES string of the molecule is COc1cc(C=NNC(N)=O)c(NC(C)=O)cc1OC. The van der Waals surface area contributed by atoms with Gasteiger partial charge in [0.25, 0.3) is 0 Å². The molecule has 0 aliphatic heterocycles. The zero-order valence-electron chi connectivity index (χ0n) is 11.4. The van der Waals surface area contributed by atoms with E-state index in [0.717, 1.165) is 0 Å². The summed E-state index contributed by atoms with van der Waals surface area (Å²) >= 11 is 0. The second-order valence-electron chi connectivity index (χ2n) is 3.71. The van der Waals surface area contributed by atoms with Crippen LogP contribution < -0.4 is 25.9 Å². The first-order valence-corrected chi connectivity index (χ1v) is 5.60. The predicted molar refractivity (Wildman–Crippen MR) is 74.2 cm³/mol. The summed E-state index contributed by atoms with van der Waals surface area (Å²) in [4.78, 5) is 21.7. The molecule has 0 heterocycles. The number of hydrogen-bond donors (Lipinski definition) is 3. The number of primary amides is 1. The lowest BCUT2D eigenvalue weighted by Gasteiger charge is -2.12. The van der Waals surface area contributed by atoms with Gasteiger partial charge in [0, 0.05) is 18.6 Å². The van der Waals surface area contributed by atoms with Gasteiger partial charge in [-0.05, 0) is 6.07 Å². The molecule has 0 radical (unpaired) electrons. The molecule has 0 saturated carbocycles. The standard InChI is InChI=1S/C12H16N4O4/c1-7(17)15-9-5-11(20-3)10(19-2)4-8(9)6-14-16-12(13)18/h4-6H,1-3H3,(H,15,17)(H3,13,16,18). The van der Waals surface area contributed by atoms with Crippen LogP contribution in [0.5, 0.6) is 11.5 Å². The topological polar surface area (TPSA) is 115 Å². The van der Waals surface area contributed by atoms with E-state index in [1.165, 1.54) is 27.4 Å². The van der Waals surface area contributed by atoms with Crippen LogP contribution in [0.3, 0.4) is 0 Å². The Morgan fingerprint density at radius 2 is 1.85 bits per heavy atom. The molecule has 1 rings (SSSR count). The molecule has 0 saturated heterocycles. The lowest BCUT2D eigenvalue weighted by molar-refractivity contribution is -0.114. The van der Waals surface area contributed by atoms with Crippen LogP contribution in [0.25, 0.3) is 0 Å². The number of nitrogens with one attached hydrogen (secondary N) is 2. The summed E-state index contributed by atoms with van der Waals surface area (Å²) in [6.45, 7) is 1.37. The Labute approximate surface area is 115 Å². The van der Waals surface area contributed by atoms with Crippen molar-refractivity contribution in [2.24, 2.45) is 10.8 Å². The number of amides is 3. The van der Waals surface area contributed by atoms with Crippen LogP contribution >= 0.6 is 0 Å². The number of hydrazone groups is 1. The number of nitrogens with two attached hydrogens (primary N) is 1. The zero-order valence-corrected chi connectivity index (χ0v) is 11.4. The maximum absolute atomic E-state index is 11.2. The third kappa shape index (κ3) is 4.16. The molecular weight excluding hydrogens is 264 g/mol. The van der Waals surface area contributed by atoms with Crippen LogP contribution in [0.15, 0.2) is 17.2 Å². The van der Waals surface area contributed by atoms with Gasteiger partial charge in [-0.15, -0.1) is 0 Å². The Balaban J connectivity index is 3.19. The molecule has 1 aromatic rings. The van der Waals surface area contributed by atoms with Crippen molar-refractivity contribution in [2.75, 3.05) is 19.5 Å². The molecule has 0 spiro atoms. The number of rotatable bonds is 5. The normalized spacial score (nSPS) is 10.2. The Hall–Kier alpha value is -2.77. The van der Waals surface area contributed by atoms with Crippen molar-refractivity contribution >= 4 is 23.8 Å². The fraction of sp³-hybridized carbons (Fsp3) is 0.250. The Kier molecular flexibility index (Phi) is 5.33. The van der Waals surface area contributed by atoms with Gasteiger partial charge >= 0.3 is 6.03 Å². The second kappa shape index (κ2) is 6.98. The van der Waals surface area contributed by atoms with Crippen molar-refractivity contribution in [3.05, 3.63) is 17.7 Å². The molecule has 108 valence electrons. The van der Waals surface area contributed by atoms with Gasteiger partial charge in [-0.3, -0.25) is 4.79 Å². The fourth-order valence-electron chi connectivity index (χ4n) is 1.46. The maximum atomic E-state index is 11.2. The molecule has 4 N–H and O–H groups in total. The van der Waals surface area contributed by atoms with Gasteiger partial charge in [0.15, 0.2) is 11.5 Å². The number of hydrogen-bond acceptors (Lipinski definition) is 5. The number of ether oxygens (including phenoxy) is 2. The first kappa shape index (κ1) is 15.3. The summed E-state index contributed by atoms with van der Waals surface area (Å²) in [5, 5.41) is 6.27. The highest BCUT2D eigenvalue weighted by Gasteiger charge is 2.11. The molecule has 0 aliphatic rings. The van der Waals surface area contributed by atoms with Crippen molar-refractivity contribution < 1.29 is 19.1 Å². The third-order valence-corrected chi connectivity index (χ3v) is 2.24. The second-order valence-corrected chi connectivity index (χ2v) is 3.71. The highest BCUT2D eigenvalue weighted by Crippen LogP contribution is 2.32. The van der Waals surface area contributed by atoms with Crippen molar-refractivity contribution in [1.82, 2.24) is 5.43 Å². The average molecular weight is 280 g/mol. The minimum Gasteiger partial charge on any atom is -0.493 e. The van der Waals surface area contributed by atoms with Crippen molar-refractivity contribution in [3.63, 3.8) is 0 Å². The summed E-state index contributed by atoms with van der Waals surface area (Å²) in [6.07, 6.45) is 1.33. The first-order valence-electron chi connectivity index (χ1n) is 5.60. The number of carbonyl (C=O) groups excluding carboxylic acids is 2. The Bertz CT molecular complexity index is 543. The molecule has 8 nitrogen and oxygen atoms in total. The van der Waals surface area contributed by atoms with Crippen molar-refractivity contribution in [1.29, 1.82) is 0 Å². The van der Waals surface area contributed by atoms with E-state index < -0.39 is 6.03 Å². The molecule has 1 aromatic carbocycles. The molecule has 0 unspecified atom stereocenters. The van der Waals surface area contributed by atoms with E-state index in [0.29, 0.717) is 22.7 Å². The van der Waals surface area contributed by atoms with E-state index >= 15 is 0 Å². The minimum absolute atomic E-state index is 0.255. The van der Waals surface area contributed by atoms with Crippen LogP contribution in [-0.2, 0) is 4.79 Å². The molecule has 20 heavy (non-hydrogen) atoms. The van der Waals surface area contributed by atoms with E-state index in [2.05, 4.69) is 15.8 Å². The van der Waals surface area contributed by atoms with Crippen LogP contribution in [0.1, 0.15) is 12.5 Å². The monoisotopic (exact) mass is 280 g/mol. The molecular formula is C12H16N4O4. The highest BCUT2D eigenvalue weighted by molar-refractivity contribution is 5.97. The first-order chi connectivity index (χ1) is 9.47. The summed E-state index contributed by atoms with van der Waals surface area (Å²) in [5.41, 5.74) is 7.95. The summed E-state index contributed by atoms with van der Waals surface area (Å²) < 4.78 is 10.3. The van der Waals surface area contributed by atoms with E-state index in [9.17, 15) is 9.59 Å². The smallest absolute Gasteiger partial charge is 0.332 e. The molecule has 3 amide bonds. The van der Waals surface area contributed by atoms with Crippen LogP contribution in [0.4, 0.5) is 10.5 Å². The molecule has 0 bridgehead atoms.